The maximum atomic E-state index is 13.4. The molecular weight excluding hydrogens is 250 g/mol. The maximum absolute atomic E-state index is 13.4. The van der Waals surface area contributed by atoms with Crippen LogP contribution >= 0.6 is 7.60 Å². The highest BCUT2D eigenvalue weighted by molar-refractivity contribution is 7.54. The normalized spacial score (nSPS) is 19.0. The zero-order valence-corrected chi connectivity index (χ0v) is 10.1. The summed E-state index contributed by atoms with van der Waals surface area (Å²) in [5.41, 5.74) is -0.0335. The van der Waals surface area contributed by atoms with E-state index in [4.69, 9.17) is 13.8 Å². The van der Waals surface area contributed by atoms with Crippen LogP contribution in [0.1, 0.15) is 21.8 Å². The minimum atomic E-state index is -3.63. The number of hydrogen-bond acceptors (Lipinski definition) is 5. The van der Waals surface area contributed by atoms with Gasteiger partial charge in [-0.2, -0.15) is 0 Å². The molecule has 1 aromatic rings. The number of benzene rings is 1. The van der Waals surface area contributed by atoms with Crippen molar-refractivity contribution in [3.63, 3.8) is 0 Å². The first-order valence-electron chi connectivity index (χ1n) is 4.74. The van der Waals surface area contributed by atoms with E-state index in [-0.39, 0.29) is 11.1 Å². The molecule has 1 heterocycles. The summed E-state index contributed by atoms with van der Waals surface area (Å²) in [5, 5.41) is 0. The van der Waals surface area contributed by atoms with Crippen LogP contribution in [0.3, 0.4) is 0 Å². The summed E-state index contributed by atoms with van der Waals surface area (Å²) in [4.78, 5) is 11.5. The van der Waals surface area contributed by atoms with Gasteiger partial charge >= 0.3 is 13.6 Å². The molecule has 1 unspecified atom stereocenters. The Kier molecular flexibility index (Phi) is 3.03. The number of carbonyl (C=O) groups is 1. The molecule has 1 atom stereocenters. The average Bonchev–Trinajstić information content (AvgIpc) is 2.68. The second-order valence-corrected chi connectivity index (χ2v) is 5.65. The lowest BCUT2D eigenvalue weighted by atomic mass is 10.1. The smallest absolute Gasteiger partial charge is 0.375 e. The van der Waals surface area contributed by atoms with E-state index in [1.165, 1.54) is 26.4 Å². The Morgan fingerprint density at radius 2 is 2.00 bits per heavy atom. The fourth-order valence-corrected chi connectivity index (χ4v) is 3.00. The van der Waals surface area contributed by atoms with E-state index in [1.807, 2.05) is 0 Å². The lowest BCUT2D eigenvalue weighted by molar-refractivity contribution is 0.0454. The Labute approximate surface area is 97.0 Å². The summed E-state index contributed by atoms with van der Waals surface area (Å²) in [6, 6.07) is 3.99. The van der Waals surface area contributed by atoms with Crippen LogP contribution in [0.4, 0.5) is 4.39 Å². The molecule has 0 saturated carbocycles. The Morgan fingerprint density at radius 3 is 2.59 bits per heavy atom. The van der Waals surface area contributed by atoms with Gasteiger partial charge in [-0.3, -0.25) is 4.57 Å². The second kappa shape index (κ2) is 4.22. The van der Waals surface area contributed by atoms with Gasteiger partial charge in [-0.05, 0) is 6.07 Å². The van der Waals surface area contributed by atoms with Crippen LogP contribution in [0, 0.1) is 5.82 Å². The largest absolute Gasteiger partial charge is 0.441 e. The molecule has 0 radical (unpaired) electrons. The molecular formula is C10H10FO5P. The van der Waals surface area contributed by atoms with Crippen molar-refractivity contribution in [3.8, 4) is 0 Å². The number of ether oxygens (including phenoxy) is 1. The first kappa shape index (κ1) is 12.2. The monoisotopic (exact) mass is 260 g/mol. The molecule has 0 aromatic heterocycles. The fourth-order valence-electron chi connectivity index (χ4n) is 1.69. The van der Waals surface area contributed by atoms with Crippen molar-refractivity contribution < 1.29 is 27.5 Å². The third-order valence-corrected chi connectivity index (χ3v) is 4.51. The predicted octanol–water partition coefficient (Wildman–Crippen LogP) is 2.48. The van der Waals surface area contributed by atoms with Crippen molar-refractivity contribution in [1.29, 1.82) is 0 Å². The lowest BCUT2D eigenvalue weighted by Gasteiger charge is -2.19. The fraction of sp³-hybridized carbons (Fsp3) is 0.300. The number of fused-ring (bicyclic) bond motifs is 1. The molecule has 0 saturated heterocycles. The van der Waals surface area contributed by atoms with Gasteiger partial charge < -0.3 is 13.8 Å². The van der Waals surface area contributed by atoms with E-state index >= 15 is 0 Å². The summed E-state index contributed by atoms with van der Waals surface area (Å²) in [6.45, 7) is 0. The summed E-state index contributed by atoms with van der Waals surface area (Å²) in [5.74, 6) is -2.79. The van der Waals surface area contributed by atoms with Gasteiger partial charge in [-0.25, -0.2) is 9.18 Å². The number of esters is 1. The van der Waals surface area contributed by atoms with Crippen LogP contribution < -0.4 is 0 Å². The Bertz CT molecular complexity index is 507. The number of carbonyl (C=O) groups excluding carboxylic acids is 1. The summed E-state index contributed by atoms with van der Waals surface area (Å²) < 4.78 is 39.9. The van der Waals surface area contributed by atoms with Crippen molar-refractivity contribution in [1.82, 2.24) is 0 Å². The van der Waals surface area contributed by atoms with Gasteiger partial charge in [0.1, 0.15) is 11.4 Å². The first-order valence-corrected chi connectivity index (χ1v) is 6.35. The molecule has 0 N–H and O–H groups in total. The molecule has 5 nitrogen and oxygen atoms in total. The highest BCUT2D eigenvalue weighted by Crippen LogP contribution is 2.63. The Hall–Kier alpha value is -1.23. The number of rotatable bonds is 3. The third kappa shape index (κ3) is 1.78. The second-order valence-electron chi connectivity index (χ2n) is 3.37. The van der Waals surface area contributed by atoms with Crippen molar-refractivity contribution in [3.05, 3.63) is 35.1 Å². The lowest BCUT2D eigenvalue weighted by Crippen LogP contribution is -2.03. The SMILES string of the molecule is COP(=O)(OC)C1OC(=O)c2c(F)cccc21. The highest BCUT2D eigenvalue weighted by atomic mass is 31.2. The van der Waals surface area contributed by atoms with Crippen molar-refractivity contribution >= 4 is 13.6 Å². The van der Waals surface area contributed by atoms with E-state index in [1.54, 1.807) is 0 Å². The summed E-state index contributed by atoms with van der Waals surface area (Å²) >= 11 is 0. The number of hydrogen-bond donors (Lipinski definition) is 0. The molecule has 7 heteroatoms. The predicted molar refractivity (Wildman–Crippen MR) is 56.2 cm³/mol. The van der Waals surface area contributed by atoms with Gasteiger partial charge in [0.2, 0.25) is 5.85 Å². The molecule has 0 fully saturated rings. The van der Waals surface area contributed by atoms with Crippen LogP contribution in [0.5, 0.6) is 0 Å². The minimum absolute atomic E-state index is 0.182. The van der Waals surface area contributed by atoms with Gasteiger partial charge in [0.25, 0.3) is 0 Å². The molecule has 1 aromatic carbocycles. The van der Waals surface area contributed by atoms with E-state index in [9.17, 15) is 13.8 Å². The van der Waals surface area contributed by atoms with Crippen LogP contribution in [0.25, 0.3) is 0 Å². The van der Waals surface area contributed by atoms with Crippen molar-refractivity contribution in [2.24, 2.45) is 0 Å². The molecule has 0 aliphatic carbocycles. The molecule has 92 valence electrons. The van der Waals surface area contributed by atoms with Crippen LogP contribution in [0.2, 0.25) is 0 Å². The molecule has 1 aliphatic heterocycles. The van der Waals surface area contributed by atoms with Crippen molar-refractivity contribution in [2.45, 2.75) is 5.85 Å². The Balaban J connectivity index is 2.55. The van der Waals surface area contributed by atoms with E-state index in [2.05, 4.69) is 0 Å². The summed E-state index contributed by atoms with van der Waals surface area (Å²) in [6.07, 6.45) is 0. The van der Waals surface area contributed by atoms with E-state index in [0.717, 1.165) is 6.07 Å². The van der Waals surface area contributed by atoms with E-state index in [0.29, 0.717) is 0 Å². The highest BCUT2D eigenvalue weighted by Gasteiger charge is 2.46. The Morgan fingerprint density at radius 1 is 1.35 bits per heavy atom. The molecule has 0 bridgehead atoms. The minimum Gasteiger partial charge on any atom is -0.441 e. The van der Waals surface area contributed by atoms with Gasteiger partial charge in [0, 0.05) is 19.8 Å². The standard InChI is InChI=1S/C10H10FO5P/c1-14-17(13,15-2)10-6-4-3-5-7(11)8(6)9(12)16-10/h3-5,10H,1-2H3. The van der Waals surface area contributed by atoms with Gasteiger partial charge in [-0.1, -0.05) is 12.1 Å². The molecule has 2 rings (SSSR count). The molecule has 0 amide bonds. The maximum Gasteiger partial charge on any atom is 0.375 e. The molecule has 0 spiro atoms. The summed E-state index contributed by atoms with van der Waals surface area (Å²) in [7, 11) is -1.28. The zero-order chi connectivity index (χ0) is 12.6. The zero-order valence-electron chi connectivity index (χ0n) is 9.18. The van der Waals surface area contributed by atoms with Gasteiger partial charge in [0.15, 0.2) is 0 Å². The topological polar surface area (TPSA) is 61.8 Å². The average molecular weight is 260 g/mol. The van der Waals surface area contributed by atoms with Gasteiger partial charge in [0.05, 0.1) is 0 Å². The third-order valence-electron chi connectivity index (χ3n) is 2.53. The molecule has 1 aliphatic rings. The first-order chi connectivity index (χ1) is 8.03. The van der Waals surface area contributed by atoms with E-state index < -0.39 is 25.2 Å². The number of cyclic esters (lactones) is 1. The van der Waals surface area contributed by atoms with Gasteiger partial charge in [-0.15, -0.1) is 0 Å². The quantitative estimate of drug-likeness (QED) is 0.617. The van der Waals surface area contributed by atoms with Crippen molar-refractivity contribution in [2.75, 3.05) is 14.2 Å². The number of halogens is 1. The van der Waals surface area contributed by atoms with Crippen LogP contribution in [0.15, 0.2) is 18.2 Å². The molecule has 17 heavy (non-hydrogen) atoms. The van der Waals surface area contributed by atoms with Crippen LogP contribution in [-0.4, -0.2) is 20.2 Å². The van der Waals surface area contributed by atoms with Crippen LogP contribution in [-0.2, 0) is 18.3 Å².